The van der Waals surface area contributed by atoms with Crippen molar-refractivity contribution < 1.29 is 14.1 Å². The van der Waals surface area contributed by atoms with Crippen LogP contribution in [-0.2, 0) is 11.3 Å². The Morgan fingerprint density at radius 2 is 2.00 bits per heavy atom. The maximum absolute atomic E-state index is 12.4. The number of amides is 2. The average Bonchev–Trinajstić information content (AvgIpc) is 3.36. The molecular formula is C20H18N4O3. The Balaban J connectivity index is 1.41. The first-order chi connectivity index (χ1) is 13.2. The molecule has 0 atom stereocenters. The van der Waals surface area contributed by atoms with Gasteiger partial charge in [-0.15, -0.1) is 0 Å². The molecule has 0 bridgehead atoms. The second kappa shape index (κ2) is 7.41. The molecule has 1 aliphatic rings. The van der Waals surface area contributed by atoms with Crippen LogP contribution in [0, 0.1) is 0 Å². The molecular weight excluding hydrogens is 344 g/mol. The molecule has 1 fully saturated rings. The Kier molecular flexibility index (Phi) is 4.65. The van der Waals surface area contributed by atoms with Gasteiger partial charge in [-0.1, -0.05) is 41.6 Å². The van der Waals surface area contributed by atoms with Crippen molar-refractivity contribution in [1.29, 1.82) is 0 Å². The lowest BCUT2D eigenvalue weighted by Gasteiger charge is -2.16. The van der Waals surface area contributed by atoms with Gasteiger partial charge in [-0.3, -0.25) is 9.59 Å². The Hall–Kier alpha value is -3.48. The Morgan fingerprint density at radius 3 is 2.78 bits per heavy atom. The van der Waals surface area contributed by atoms with Crippen LogP contribution in [0.4, 0.5) is 5.69 Å². The summed E-state index contributed by atoms with van der Waals surface area (Å²) in [4.78, 5) is 30.3. The van der Waals surface area contributed by atoms with Crippen LogP contribution in [-0.4, -0.2) is 28.5 Å². The minimum Gasteiger partial charge on any atom is -0.343 e. The van der Waals surface area contributed by atoms with Crippen molar-refractivity contribution in [2.75, 3.05) is 11.4 Å². The average molecular weight is 362 g/mol. The third-order valence-corrected chi connectivity index (χ3v) is 4.39. The van der Waals surface area contributed by atoms with Crippen LogP contribution in [0.3, 0.4) is 0 Å². The molecule has 136 valence electrons. The molecule has 7 nitrogen and oxygen atoms in total. The summed E-state index contributed by atoms with van der Waals surface area (Å²) in [5, 5.41) is 6.70. The van der Waals surface area contributed by atoms with Gasteiger partial charge in [0.1, 0.15) is 0 Å². The molecule has 1 aliphatic heterocycles. The quantitative estimate of drug-likeness (QED) is 0.754. The van der Waals surface area contributed by atoms with Crippen molar-refractivity contribution in [3.05, 3.63) is 66.1 Å². The molecule has 0 saturated carbocycles. The van der Waals surface area contributed by atoms with Gasteiger partial charge in [0.15, 0.2) is 0 Å². The smallest absolute Gasteiger partial charge is 0.251 e. The lowest BCUT2D eigenvalue weighted by Crippen LogP contribution is -2.25. The SMILES string of the molecule is O=C(NCc1nc(-c2ccccc2)no1)c1cccc(N2CCCC2=O)c1. The Labute approximate surface area is 156 Å². The van der Waals surface area contributed by atoms with E-state index in [0.29, 0.717) is 30.2 Å². The van der Waals surface area contributed by atoms with Crippen molar-refractivity contribution >= 4 is 17.5 Å². The van der Waals surface area contributed by atoms with E-state index in [-0.39, 0.29) is 18.4 Å². The van der Waals surface area contributed by atoms with Gasteiger partial charge < -0.3 is 14.7 Å². The first-order valence-electron chi connectivity index (χ1n) is 8.77. The highest BCUT2D eigenvalue weighted by Gasteiger charge is 2.22. The van der Waals surface area contributed by atoms with E-state index in [1.165, 1.54) is 0 Å². The number of carbonyl (C=O) groups is 2. The van der Waals surface area contributed by atoms with Gasteiger partial charge in [0.05, 0.1) is 6.54 Å². The molecule has 1 saturated heterocycles. The largest absolute Gasteiger partial charge is 0.343 e. The fourth-order valence-corrected chi connectivity index (χ4v) is 3.03. The molecule has 7 heteroatoms. The maximum atomic E-state index is 12.4. The van der Waals surface area contributed by atoms with Crippen LogP contribution in [0.2, 0.25) is 0 Å². The highest BCUT2D eigenvalue weighted by Crippen LogP contribution is 2.22. The summed E-state index contributed by atoms with van der Waals surface area (Å²) in [5.41, 5.74) is 2.08. The molecule has 3 aromatic rings. The third kappa shape index (κ3) is 3.72. The molecule has 0 spiro atoms. The molecule has 0 aliphatic carbocycles. The number of rotatable bonds is 5. The number of carbonyl (C=O) groups excluding carboxylic acids is 2. The van der Waals surface area contributed by atoms with Crippen molar-refractivity contribution in [3.8, 4) is 11.4 Å². The summed E-state index contributed by atoms with van der Waals surface area (Å²) < 4.78 is 5.20. The van der Waals surface area contributed by atoms with Crippen LogP contribution in [0.5, 0.6) is 0 Å². The van der Waals surface area contributed by atoms with Crippen molar-refractivity contribution in [2.45, 2.75) is 19.4 Å². The van der Waals surface area contributed by atoms with E-state index in [4.69, 9.17) is 4.52 Å². The summed E-state index contributed by atoms with van der Waals surface area (Å²) in [6.07, 6.45) is 1.40. The predicted molar refractivity (Wildman–Crippen MR) is 98.9 cm³/mol. The maximum Gasteiger partial charge on any atom is 0.251 e. The molecule has 2 amide bonds. The number of aromatic nitrogens is 2. The van der Waals surface area contributed by atoms with E-state index in [1.54, 1.807) is 23.1 Å². The zero-order chi connectivity index (χ0) is 18.6. The molecule has 1 N–H and O–H groups in total. The van der Waals surface area contributed by atoms with Crippen LogP contribution in [0.15, 0.2) is 59.1 Å². The molecule has 1 aromatic heterocycles. The second-order valence-electron chi connectivity index (χ2n) is 6.26. The summed E-state index contributed by atoms with van der Waals surface area (Å²) >= 11 is 0. The molecule has 2 aromatic carbocycles. The summed E-state index contributed by atoms with van der Waals surface area (Å²) in [6, 6.07) is 16.5. The zero-order valence-electron chi connectivity index (χ0n) is 14.6. The zero-order valence-corrected chi connectivity index (χ0v) is 14.6. The summed E-state index contributed by atoms with van der Waals surface area (Å²) in [5.74, 6) is 0.636. The van der Waals surface area contributed by atoms with E-state index in [2.05, 4.69) is 15.5 Å². The van der Waals surface area contributed by atoms with Crippen LogP contribution >= 0.6 is 0 Å². The van der Waals surface area contributed by atoms with Crippen LogP contribution < -0.4 is 10.2 Å². The summed E-state index contributed by atoms with van der Waals surface area (Å²) in [7, 11) is 0. The van der Waals surface area contributed by atoms with Gasteiger partial charge >= 0.3 is 0 Å². The van der Waals surface area contributed by atoms with Crippen molar-refractivity contribution in [2.24, 2.45) is 0 Å². The van der Waals surface area contributed by atoms with Gasteiger partial charge in [-0.2, -0.15) is 4.98 Å². The van der Waals surface area contributed by atoms with Gasteiger partial charge in [0.2, 0.25) is 17.6 Å². The van der Waals surface area contributed by atoms with Gasteiger partial charge in [0, 0.05) is 29.8 Å². The monoisotopic (exact) mass is 362 g/mol. The minimum absolute atomic E-state index is 0.0897. The lowest BCUT2D eigenvalue weighted by molar-refractivity contribution is -0.117. The first kappa shape index (κ1) is 17.0. The molecule has 4 rings (SSSR count). The molecule has 2 heterocycles. The van der Waals surface area contributed by atoms with E-state index in [1.807, 2.05) is 36.4 Å². The van der Waals surface area contributed by atoms with E-state index < -0.39 is 0 Å². The normalized spacial score (nSPS) is 13.8. The lowest BCUT2D eigenvalue weighted by atomic mass is 10.1. The number of benzene rings is 2. The Bertz CT molecular complexity index is 968. The Morgan fingerprint density at radius 1 is 1.15 bits per heavy atom. The van der Waals surface area contributed by atoms with Gasteiger partial charge in [-0.25, -0.2) is 0 Å². The fourth-order valence-electron chi connectivity index (χ4n) is 3.03. The topological polar surface area (TPSA) is 88.3 Å². The molecule has 27 heavy (non-hydrogen) atoms. The second-order valence-corrected chi connectivity index (χ2v) is 6.26. The number of nitrogens with zero attached hydrogens (tertiary/aromatic N) is 3. The molecule has 0 radical (unpaired) electrons. The van der Waals surface area contributed by atoms with Crippen molar-refractivity contribution in [3.63, 3.8) is 0 Å². The summed E-state index contributed by atoms with van der Waals surface area (Å²) in [6.45, 7) is 0.819. The van der Waals surface area contributed by atoms with E-state index >= 15 is 0 Å². The highest BCUT2D eigenvalue weighted by molar-refractivity contribution is 5.99. The number of hydrogen-bond donors (Lipinski definition) is 1. The first-order valence-corrected chi connectivity index (χ1v) is 8.77. The van der Waals surface area contributed by atoms with Crippen molar-refractivity contribution in [1.82, 2.24) is 15.5 Å². The minimum atomic E-state index is -0.261. The van der Waals surface area contributed by atoms with E-state index in [0.717, 1.165) is 17.7 Å². The van der Waals surface area contributed by atoms with Crippen LogP contribution in [0.1, 0.15) is 29.1 Å². The van der Waals surface area contributed by atoms with Crippen LogP contribution in [0.25, 0.3) is 11.4 Å². The highest BCUT2D eigenvalue weighted by atomic mass is 16.5. The standard InChI is InChI=1S/C20H18N4O3/c25-18-10-5-11-24(18)16-9-4-8-15(12-16)20(26)21-13-17-22-19(23-27-17)14-6-2-1-3-7-14/h1-4,6-9,12H,5,10-11,13H2,(H,21,26). The predicted octanol–water partition coefficient (Wildman–Crippen LogP) is 2.79. The van der Waals surface area contributed by atoms with Gasteiger partial charge in [-0.05, 0) is 24.6 Å². The number of nitrogens with one attached hydrogen (secondary N) is 1. The third-order valence-electron chi connectivity index (χ3n) is 4.39. The van der Waals surface area contributed by atoms with E-state index in [9.17, 15) is 9.59 Å². The van der Waals surface area contributed by atoms with Gasteiger partial charge in [0.25, 0.3) is 5.91 Å². The number of anilines is 1. The number of hydrogen-bond acceptors (Lipinski definition) is 5. The fraction of sp³-hybridized carbons (Fsp3) is 0.200. The molecule has 0 unspecified atom stereocenters.